The van der Waals surface area contributed by atoms with E-state index in [1.54, 1.807) is 0 Å². The highest BCUT2D eigenvalue weighted by Crippen LogP contribution is 2.34. The van der Waals surface area contributed by atoms with Crippen LogP contribution in [0.15, 0.2) is 30.3 Å². The number of anilines is 1. The molecule has 2 aromatic carbocycles. The van der Waals surface area contributed by atoms with Gasteiger partial charge in [-0.15, -0.1) is 12.4 Å². The summed E-state index contributed by atoms with van der Waals surface area (Å²) in [7, 11) is 3.91. The van der Waals surface area contributed by atoms with Crippen molar-refractivity contribution in [3.63, 3.8) is 0 Å². The molecule has 4 nitrogen and oxygen atoms in total. The molecule has 0 aliphatic rings. The van der Waals surface area contributed by atoms with Gasteiger partial charge in [-0.2, -0.15) is 0 Å². The Morgan fingerprint density at radius 1 is 1.07 bits per heavy atom. The molecular weight excluding hydrogens is 416 g/mol. The van der Waals surface area contributed by atoms with Gasteiger partial charge in [-0.25, -0.2) is 13.8 Å². The number of nitrogens with zero attached hydrogens (tertiary/aromatic N) is 3. The highest BCUT2D eigenvalue weighted by Gasteiger charge is 2.24. The largest absolute Gasteiger partial charge is 0.309 e. The minimum Gasteiger partial charge on any atom is -0.309 e. The number of hydrogen-bond donors (Lipinski definition) is 0. The molecular formula is C21H24ClF2N3OS. The maximum absolute atomic E-state index is 14.2. The Morgan fingerprint density at radius 2 is 1.76 bits per heavy atom. The molecule has 0 aliphatic carbocycles. The van der Waals surface area contributed by atoms with E-state index in [4.69, 9.17) is 0 Å². The molecule has 1 amide bonds. The summed E-state index contributed by atoms with van der Waals surface area (Å²) in [4.78, 5) is 21.3. The lowest BCUT2D eigenvalue weighted by molar-refractivity contribution is 0.0982. The maximum atomic E-state index is 14.2. The van der Waals surface area contributed by atoms with Crippen LogP contribution in [-0.2, 0) is 0 Å². The van der Waals surface area contributed by atoms with E-state index >= 15 is 0 Å². The Hall–Kier alpha value is -2.09. The summed E-state index contributed by atoms with van der Waals surface area (Å²) in [5, 5.41) is 0.528. The van der Waals surface area contributed by atoms with Crippen LogP contribution in [-0.4, -0.2) is 43.0 Å². The molecule has 0 saturated carbocycles. The predicted octanol–water partition coefficient (Wildman–Crippen LogP) is 5.21. The summed E-state index contributed by atoms with van der Waals surface area (Å²) in [5.74, 6) is -2.08. The minimum atomic E-state index is -0.865. The fraction of sp³-hybridized carbons (Fsp3) is 0.333. The van der Waals surface area contributed by atoms with Crippen molar-refractivity contribution in [2.24, 2.45) is 0 Å². The maximum Gasteiger partial charge on any atom is 0.263 e. The molecule has 0 aliphatic heterocycles. The number of hydrogen-bond acceptors (Lipinski definition) is 4. The van der Waals surface area contributed by atoms with Crippen molar-refractivity contribution in [2.45, 2.75) is 20.3 Å². The summed E-state index contributed by atoms with van der Waals surface area (Å²) in [6, 6.07) is 7.05. The Bertz CT molecular complexity index is 984. The number of aromatic nitrogens is 1. The molecule has 1 heterocycles. The quantitative estimate of drug-likeness (QED) is 0.529. The number of fused-ring (bicyclic) bond motifs is 1. The topological polar surface area (TPSA) is 36.4 Å². The normalized spacial score (nSPS) is 11.0. The third-order valence-corrected chi connectivity index (χ3v) is 5.77. The van der Waals surface area contributed by atoms with Crippen molar-refractivity contribution in [3.05, 3.63) is 58.7 Å². The van der Waals surface area contributed by atoms with Crippen molar-refractivity contribution in [1.29, 1.82) is 0 Å². The Labute approximate surface area is 179 Å². The van der Waals surface area contributed by atoms with Gasteiger partial charge in [0.1, 0.15) is 11.6 Å². The molecule has 0 saturated heterocycles. The average molecular weight is 440 g/mol. The molecule has 0 spiro atoms. The number of halogens is 3. The van der Waals surface area contributed by atoms with Gasteiger partial charge in [0.05, 0.1) is 15.8 Å². The first kappa shape index (κ1) is 23.2. The fourth-order valence-electron chi connectivity index (χ4n) is 3.00. The molecule has 0 radical (unpaired) electrons. The molecule has 3 rings (SSSR count). The van der Waals surface area contributed by atoms with E-state index in [-0.39, 0.29) is 18.0 Å². The van der Waals surface area contributed by atoms with E-state index < -0.39 is 17.5 Å². The van der Waals surface area contributed by atoms with Crippen LogP contribution in [0.1, 0.15) is 27.9 Å². The second-order valence-corrected chi connectivity index (χ2v) is 8.09. The van der Waals surface area contributed by atoms with Gasteiger partial charge in [-0.1, -0.05) is 23.5 Å². The van der Waals surface area contributed by atoms with Gasteiger partial charge in [0.2, 0.25) is 0 Å². The number of carbonyl (C=O) groups is 1. The second kappa shape index (κ2) is 9.61. The molecule has 8 heteroatoms. The van der Waals surface area contributed by atoms with Crippen LogP contribution in [0, 0.1) is 25.5 Å². The van der Waals surface area contributed by atoms with Crippen molar-refractivity contribution < 1.29 is 13.6 Å². The number of benzene rings is 2. The molecule has 156 valence electrons. The van der Waals surface area contributed by atoms with Gasteiger partial charge in [-0.05, 0) is 64.2 Å². The lowest BCUT2D eigenvalue weighted by Gasteiger charge is -2.21. The van der Waals surface area contributed by atoms with Crippen molar-refractivity contribution in [1.82, 2.24) is 9.88 Å². The minimum absolute atomic E-state index is 0. The number of aryl methyl sites for hydroxylation is 2. The van der Waals surface area contributed by atoms with Gasteiger partial charge in [0.15, 0.2) is 5.13 Å². The van der Waals surface area contributed by atoms with Gasteiger partial charge in [0, 0.05) is 12.6 Å². The summed E-state index contributed by atoms with van der Waals surface area (Å²) in [6.45, 7) is 5.15. The summed E-state index contributed by atoms with van der Waals surface area (Å²) >= 11 is 1.42. The van der Waals surface area contributed by atoms with Crippen molar-refractivity contribution in [3.8, 4) is 0 Å². The zero-order valence-electron chi connectivity index (χ0n) is 16.8. The summed E-state index contributed by atoms with van der Waals surface area (Å²) in [6.07, 6.45) is 0.704. The lowest BCUT2D eigenvalue weighted by atomic mass is 10.1. The molecule has 0 atom stereocenters. The Morgan fingerprint density at radius 3 is 2.38 bits per heavy atom. The third kappa shape index (κ3) is 5.10. The molecule has 0 N–H and O–H groups in total. The Kier molecular flexibility index (Phi) is 7.68. The van der Waals surface area contributed by atoms with E-state index in [9.17, 15) is 13.6 Å². The molecule has 29 heavy (non-hydrogen) atoms. The van der Waals surface area contributed by atoms with E-state index in [2.05, 4.69) is 4.98 Å². The van der Waals surface area contributed by atoms with E-state index in [0.717, 1.165) is 40.0 Å². The number of amides is 1. The van der Waals surface area contributed by atoms with E-state index in [1.807, 2.05) is 45.0 Å². The number of carbonyl (C=O) groups excluding carboxylic acids is 1. The van der Waals surface area contributed by atoms with Crippen LogP contribution in [0.3, 0.4) is 0 Å². The van der Waals surface area contributed by atoms with Crippen LogP contribution in [0.2, 0.25) is 0 Å². The van der Waals surface area contributed by atoms with E-state index in [1.165, 1.54) is 22.3 Å². The lowest BCUT2D eigenvalue weighted by Crippen LogP contribution is -2.34. The van der Waals surface area contributed by atoms with Crippen LogP contribution >= 0.6 is 23.7 Å². The van der Waals surface area contributed by atoms with Crippen LogP contribution in [0.5, 0.6) is 0 Å². The first-order valence-corrected chi connectivity index (χ1v) is 9.88. The first-order chi connectivity index (χ1) is 13.3. The first-order valence-electron chi connectivity index (χ1n) is 9.06. The molecule has 3 aromatic rings. The third-order valence-electron chi connectivity index (χ3n) is 4.56. The summed E-state index contributed by atoms with van der Waals surface area (Å²) < 4.78 is 28.5. The van der Waals surface area contributed by atoms with Gasteiger partial charge in [0.25, 0.3) is 5.91 Å². The van der Waals surface area contributed by atoms with Crippen molar-refractivity contribution in [2.75, 3.05) is 32.1 Å². The highest BCUT2D eigenvalue weighted by molar-refractivity contribution is 7.22. The zero-order valence-corrected chi connectivity index (χ0v) is 18.5. The zero-order chi connectivity index (χ0) is 20.4. The monoisotopic (exact) mass is 439 g/mol. The van der Waals surface area contributed by atoms with Gasteiger partial charge in [-0.3, -0.25) is 9.69 Å². The highest BCUT2D eigenvalue weighted by atomic mass is 35.5. The SMILES string of the molecule is Cc1ccc(C)c2sc(N(CCCN(C)C)C(=O)c3ccc(F)cc3F)nc12.Cl. The van der Waals surface area contributed by atoms with Crippen LogP contribution < -0.4 is 4.90 Å². The van der Waals surface area contributed by atoms with Crippen LogP contribution in [0.4, 0.5) is 13.9 Å². The fourth-order valence-corrected chi connectivity index (χ4v) is 4.14. The van der Waals surface area contributed by atoms with E-state index in [0.29, 0.717) is 18.1 Å². The Balaban J connectivity index is 0.00000300. The smallest absolute Gasteiger partial charge is 0.263 e. The molecule has 1 aromatic heterocycles. The molecule has 0 fully saturated rings. The van der Waals surface area contributed by atoms with Gasteiger partial charge < -0.3 is 4.90 Å². The molecule has 0 bridgehead atoms. The number of thiazole rings is 1. The van der Waals surface area contributed by atoms with Crippen molar-refractivity contribution >= 4 is 45.0 Å². The average Bonchev–Trinajstić information content (AvgIpc) is 3.07. The van der Waals surface area contributed by atoms with Gasteiger partial charge >= 0.3 is 0 Å². The standard InChI is InChI=1S/C21H23F2N3OS.ClH/c1-13-6-7-14(2)19-18(13)24-21(28-19)26(11-5-10-25(3)4)20(27)16-9-8-15(22)12-17(16)23;/h6-9,12H,5,10-11H2,1-4H3;1H. The van der Waals surface area contributed by atoms with Crippen LogP contribution in [0.25, 0.3) is 10.2 Å². The molecule has 0 unspecified atom stereocenters. The summed E-state index contributed by atoms with van der Waals surface area (Å²) in [5.41, 5.74) is 2.80. The second-order valence-electron chi connectivity index (χ2n) is 7.11. The predicted molar refractivity (Wildman–Crippen MR) is 118 cm³/mol. The number of rotatable bonds is 6.